The molecule has 1 heterocycles. The maximum absolute atomic E-state index is 10.2. The van der Waals surface area contributed by atoms with Crippen LogP contribution in [0.2, 0.25) is 0 Å². The van der Waals surface area contributed by atoms with Crippen LogP contribution in [0.15, 0.2) is 28.7 Å². The highest BCUT2D eigenvalue weighted by molar-refractivity contribution is 9.10. The van der Waals surface area contributed by atoms with E-state index in [1.165, 1.54) is 0 Å². The second-order valence-corrected chi connectivity index (χ2v) is 5.42. The molecular weight excluding hydrogens is 282 g/mol. The van der Waals surface area contributed by atoms with Crippen LogP contribution >= 0.6 is 15.9 Å². The predicted octanol–water partition coefficient (Wildman–Crippen LogP) is 2.20. The Labute approximate surface area is 111 Å². The fourth-order valence-corrected chi connectivity index (χ4v) is 2.36. The minimum absolute atomic E-state index is 0.265. The average Bonchev–Trinajstić information content (AvgIpc) is 2.29. The number of hydrogen-bond acceptors (Lipinski definition) is 3. The Kier molecular flexibility index (Phi) is 4.56. The molecule has 2 rings (SSSR count). The lowest BCUT2D eigenvalue weighted by atomic mass is 10.1. The van der Waals surface area contributed by atoms with E-state index >= 15 is 0 Å². The van der Waals surface area contributed by atoms with E-state index in [2.05, 4.69) is 27.8 Å². The van der Waals surface area contributed by atoms with Gasteiger partial charge in [0, 0.05) is 24.1 Å². The van der Waals surface area contributed by atoms with Crippen LogP contribution in [0.3, 0.4) is 0 Å². The smallest absolute Gasteiger partial charge is 0.0916 e. The van der Waals surface area contributed by atoms with Gasteiger partial charge in [-0.1, -0.05) is 28.1 Å². The van der Waals surface area contributed by atoms with E-state index in [0.717, 1.165) is 29.7 Å². The monoisotopic (exact) mass is 299 g/mol. The van der Waals surface area contributed by atoms with Crippen LogP contribution in [-0.4, -0.2) is 42.4 Å². The van der Waals surface area contributed by atoms with Crippen LogP contribution < -0.4 is 0 Å². The van der Waals surface area contributed by atoms with Gasteiger partial charge in [0.1, 0.15) is 0 Å². The minimum Gasteiger partial charge on any atom is -0.387 e. The third-order valence-electron chi connectivity index (χ3n) is 3.01. The first-order valence-electron chi connectivity index (χ1n) is 5.92. The zero-order valence-corrected chi connectivity index (χ0v) is 11.6. The molecule has 4 heteroatoms. The highest BCUT2D eigenvalue weighted by Gasteiger charge is 2.19. The summed E-state index contributed by atoms with van der Waals surface area (Å²) in [4.78, 5) is 2.25. The first-order valence-corrected chi connectivity index (χ1v) is 6.72. The average molecular weight is 300 g/mol. The number of benzene rings is 1. The molecule has 1 aromatic carbocycles. The first-order chi connectivity index (χ1) is 8.15. The van der Waals surface area contributed by atoms with Gasteiger partial charge in [-0.05, 0) is 24.6 Å². The molecule has 94 valence electrons. The molecule has 0 saturated carbocycles. The molecule has 1 aliphatic rings. The summed E-state index contributed by atoms with van der Waals surface area (Å²) >= 11 is 3.39. The Morgan fingerprint density at radius 2 is 2.18 bits per heavy atom. The zero-order chi connectivity index (χ0) is 12.3. The molecule has 0 unspecified atom stereocenters. The fourth-order valence-electron chi connectivity index (χ4n) is 2.09. The van der Waals surface area contributed by atoms with Gasteiger partial charge in [0.05, 0.1) is 18.8 Å². The Hall–Kier alpha value is -0.420. The van der Waals surface area contributed by atoms with Crippen molar-refractivity contribution in [2.75, 3.05) is 26.2 Å². The summed E-state index contributed by atoms with van der Waals surface area (Å²) in [7, 11) is 0. The molecule has 17 heavy (non-hydrogen) atoms. The molecule has 0 amide bonds. The molecule has 1 fully saturated rings. The van der Waals surface area contributed by atoms with E-state index < -0.39 is 6.10 Å². The summed E-state index contributed by atoms with van der Waals surface area (Å²) in [5, 5.41) is 10.2. The molecule has 0 radical (unpaired) electrons. The van der Waals surface area contributed by atoms with Gasteiger partial charge in [-0.15, -0.1) is 0 Å². The molecule has 0 aliphatic carbocycles. The summed E-state index contributed by atoms with van der Waals surface area (Å²) in [6, 6.07) is 7.83. The SMILES string of the molecule is C[C@@H]1CN(C[C@@H](O)c2ccc(Br)cc2)CCO1. The number of ether oxygens (including phenoxy) is 1. The van der Waals surface area contributed by atoms with Crippen LogP contribution in [0.5, 0.6) is 0 Å². The van der Waals surface area contributed by atoms with Gasteiger partial charge < -0.3 is 9.84 Å². The molecule has 2 atom stereocenters. The van der Waals surface area contributed by atoms with E-state index in [0.29, 0.717) is 6.54 Å². The molecule has 0 bridgehead atoms. The van der Waals surface area contributed by atoms with Gasteiger partial charge >= 0.3 is 0 Å². The van der Waals surface area contributed by atoms with Gasteiger partial charge in [0.25, 0.3) is 0 Å². The van der Waals surface area contributed by atoms with Crippen molar-refractivity contribution < 1.29 is 9.84 Å². The van der Waals surface area contributed by atoms with E-state index in [9.17, 15) is 5.11 Å². The quantitative estimate of drug-likeness (QED) is 0.929. The summed E-state index contributed by atoms with van der Waals surface area (Å²) in [5.41, 5.74) is 0.965. The molecule has 1 N–H and O–H groups in total. The largest absolute Gasteiger partial charge is 0.387 e. The van der Waals surface area contributed by atoms with Gasteiger partial charge in [0.15, 0.2) is 0 Å². The number of morpholine rings is 1. The lowest BCUT2D eigenvalue weighted by Gasteiger charge is -2.32. The summed E-state index contributed by atoms with van der Waals surface area (Å²) in [6.45, 7) is 5.30. The Morgan fingerprint density at radius 3 is 2.82 bits per heavy atom. The number of nitrogens with zero attached hydrogens (tertiary/aromatic N) is 1. The number of β-amino-alcohol motifs (C(OH)–C–C–N with tert-alkyl or cyclic N) is 1. The Bertz CT molecular complexity index is 355. The van der Waals surface area contributed by atoms with E-state index in [1.807, 2.05) is 24.3 Å². The maximum atomic E-state index is 10.2. The second kappa shape index (κ2) is 5.96. The number of hydrogen-bond donors (Lipinski definition) is 1. The third-order valence-corrected chi connectivity index (χ3v) is 3.54. The number of halogens is 1. The van der Waals surface area contributed by atoms with Gasteiger partial charge in [-0.25, -0.2) is 0 Å². The molecule has 3 nitrogen and oxygen atoms in total. The standard InChI is InChI=1S/C13H18BrNO2/c1-10-8-15(6-7-17-10)9-13(16)11-2-4-12(14)5-3-11/h2-5,10,13,16H,6-9H2,1H3/t10-,13-/m1/s1. The number of aliphatic hydroxyl groups excluding tert-OH is 1. The molecule has 1 aromatic rings. The molecular formula is C13H18BrNO2. The number of rotatable bonds is 3. The van der Waals surface area contributed by atoms with E-state index in [4.69, 9.17) is 4.74 Å². The third kappa shape index (κ3) is 3.78. The van der Waals surface area contributed by atoms with E-state index in [-0.39, 0.29) is 6.10 Å². The van der Waals surface area contributed by atoms with Crippen molar-refractivity contribution in [3.8, 4) is 0 Å². The van der Waals surface area contributed by atoms with Crippen LogP contribution in [0.1, 0.15) is 18.6 Å². The Balaban J connectivity index is 1.91. The zero-order valence-electron chi connectivity index (χ0n) is 9.97. The van der Waals surface area contributed by atoms with Crippen molar-refractivity contribution in [2.24, 2.45) is 0 Å². The van der Waals surface area contributed by atoms with Crippen molar-refractivity contribution >= 4 is 15.9 Å². The first kappa shape index (κ1) is 13.0. The predicted molar refractivity (Wildman–Crippen MR) is 71.0 cm³/mol. The number of aliphatic hydroxyl groups is 1. The molecule has 0 spiro atoms. The summed E-state index contributed by atoms with van der Waals surface area (Å²) in [5.74, 6) is 0. The van der Waals surface area contributed by atoms with Crippen LogP contribution in [0, 0.1) is 0 Å². The lowest BCUT2D eigenvalue weighted by Crippen LogP contribution is -2.42. The molecule has 0 aromatic heterocycles. The Morgan fingerprint density at radius 1 is 1.47 bits per heavy atom. The topological polar surface area (TPSA) is 32.7 Å². The highest BCUT2D eigenvalue weighted by atomic mass is 79.9. The maximum Gasteiger partial charge on any atom is 0.0916 e. The van der Waals surface area contributed by atoms with Gasteiger partial charge in [0.2, 0.25) is 0 Å². The van der Waals surface area contributed by atoms with Crippen LogP contribution in [0.4, 0.5) is 0 Å². The van der Waals surface area contributed by atoms with Crippen LogP contribution in [-0.2, 0) is 4.74 Å². The van der Waals surface area contributed by atoms with Crippen molar-refractivity contribution in [2.45, 2.75) is 19.1 Å². The van der Waals surface area contributed by atoms with Gasteiger partial charge in [-0.3, -0.25) is 4.90 Å². The molecule has 1 saturated heterocycles. The van der Waals surface area contributed by atoms with Crippen molar-refractivity contribution in [3.05, 3.63) is 34.3 Å². The summed E-state index contributed by atoms with van der Waals surface area (Å²) in [6.07, 6.45) is -0.158. The van der Waals surface area contributed by atoms with Crippen molar-refractivity contribution in [1.82, 2.24) is 4.90 Å². The summed E-state index contributed by atoms with van der Waals surface area (Å²) < 4.78 is 6.52. The fraction of sp³-hybridized carbons (Fsp3) is 0.538. The molecule has 1 aliphatic heterocycles. The van der Waals surface area contributed by atoms with Crippen LogP contribution in [0.25, 0.3) is 0 Å². The second-order valence-electron chi connectivity index (χ2n) is 4.51. The van der Waals surface area contributed by atoms with Crippen molar-refractivity contribution in [1.29, 1.82) is 0 Å². The highest BCUT2D eigenvalue weighted by Crippen LogP contribution is 2.18. The minimum atomic E-state index is -0.423. The van der Waals surface area contributed by atoms with E-state index in [1.54, 1.807) is 0 Å². The van der Waals surface area contributed by atoms with Gasteiger partial charge in [-0.2, -0.15) is 0 Å². The normalized spacial score (nSPS) is 23.6. The lowest BCUT2D eigenvalue weighted by molar-refractivity contribution is -0.0319. The van der Waals surface area contributed by atoms with Crippen molar-refractivity contribution in [3.63, 3.8) is 0 Å².